The molecule has 48 heavy (non-hydrogen) atoms. The Hall–Kier alpha value is -2.57. The van der Waals surface area contributed by atoms with Crippen LogP contribution < -0.4 is 9.62 Å². The van der Waals surface area contributed by atoms with Crippen molar-refractivity contribution in [2.24, 2.45) is 0 Å². The molecule has 1 fully saturated rings. The van der Waals surface area contributed by atoms with Crippen LogP contribution >= 0.6 is 23.2 Å². The minimum absolute atomic E-state index is 0.0952. The molecule has 5 rings (SSSR count). The van der Waals surface area contributed by atoms with Crippen molar-refractivity contribution in [1.82, 2.24) is 13.9 Å². The van der Waals surface area contributed by atoms with E-state index in [1.165, 1.54) is 0 Å². The average Bonchev–Trinajstić information content (AvgIpc) is 3.49. The Balaban J connectivity index is 1.38. The molecule has 3 aromatic rings. The number of hydrogen-bond acceptors (Lipinski definition) is 5. The largest absolute Gasteiger partial charge is 0.444 e. The van der Waals surface area contributed by atoms with Gasteiger partial charge in [-0.25, -0.2) is 13.2 Å². The molecule has 1 saturated heterocycles. The third kappa shape index (κ3) is 6.65. The van der Waals surface area contributed by atoms with Crippen LogP contribution in [0.3, 0.4) is 0 Å². The van der Waals surface area contributed by atoms with Gasteiger partial charge >= 0.3 is 6.09 Å². The molecule has 0 unspecified atom stereocenters. The van der Waals surface area contributed by atoms with E-state index in [4.69, 9.17) is 27.9 Å². The monoisotopic (exact) mass is 734 g/mol. The van der Waals surface area contributed by atoms with E-state index in [2.05, 4.69) is 50.5 Å². The molecule has 262 valence electrons. The number of carbonyl (C=O) groups is 2. The van der Waals surface area contributed by atoms with Gasteiger partial charge in [0.05, 0.1) is 20.6 Å². The zero-order valence-corrected chi connectivity index (χ0v) is 32.7. The maximum Gasteiger partial charge on any atom is 0.410 e. The van der Waals surface area contributed by atoms with Gasteiger partial charge in [-0.1, -0.05) is 70.8 Å². The Morgan fingerprint density at radius 1 is 0.958 bits per heavy atom. The fraction of sp³-hybridized carbons (Fsp3) is 0.543. The lowest BCUT2D eigenvalue weighted by Crippen LogP contribution is -2.51. The highest BCUT2D eigenvalue weighted by atomic mass is 35.5. The number of hydrogen-bond donors (Lipinski definition) is 1. The first kappa shape index (κ1) is 36.7. The van der Waals surface area contributed by atoms with Gasteiger partial charge in [0, 0.05) is 36.7 Å². The Kier molecular flexibility index (Phi) is 10.2. The van der Waals surface area contributed by atoms with Crippen LogP contribution in [0, 0.1) is 0 Å². The van der Waals surface area contributed by atoms with Crippen LogP contribution in [0.2, 0.25) is 26.7 Å². The van der Waals surface area contributed by atoms with E-state index in [0.717, 1.165) is 22.0 Å². The number of rotatable bonds is 8. The molecule has 0 aliphatic carbocycles. The topological polar surface area (TPSA) is 101 Å². The predicted molar refractivity (Wildman–Crippen MR) is 196 cm³/mol. The summed E-state index contributed by atoms with van der Waals surface area (Å²) in [5, 5.41) is 1.78. The number of carbonyl (C=O) groups excluding carboxylic acids is 2. The highest BCUT2D eigenvalue weighted by molar-refractivity contribution is 7.89. The second kappa shape index (κ2) is 13.3. The first-order valence-corrected chi connectivity index (χ1v) is 21.1. The maximum absolute atomic E-state index is 13.8. The third-order valence-electron chi connectivity index (χ3n) is 9.96. The number of benzene rings is 2. The van der Waals surface area contributed by atoms with E-state index in [0.29, 0.717) is 64.8 Å². The molecule has 2 aliphatic heterocycles. The summed E-state index contributed by atoms with van der Waals surface area (Å²) in [6, 6.07) is 7.77. The summed E-state index contributed by atoms with van der Waals surface area (Å²) in [5.74, 6) is -0.357. The summed E-state index contributed by atoms with van der Waals surface area (Å²) in [6.45, 7) is 20.1. The minimum Gasteiger partial charge on any atom is -0.444 e. The van der Waals surface area contributed by atoms with Gasteiger partial charge in [-0.2, -0.15) is 4.72 Å². The lowest BCUT2D eigenvalue weighted by molar-refractivity contribution is -0.118. The number of anilines is 1. The first-order chi connectivity index (χ1) is 22.3. The van der Waals surface area contributed by atoms with Crippen LogP contribution in [0.15, 0.2) is 41.4 Å². The van der Waals surface area contributed by atoms with E-state index in [-0.39, 0.29) is 16.9 Å². The van der Waals surface area contributed by atoms with Crippen LogP contribution in [-0.4, -0.2) is 62.5 Å². The smallest absolute Gasteiger partial charge is 0.410 e. The second-order valence-corrected chi connectivity index (χ2v) is 23.3. The van der Waals surface area contributed by atoms with Crippen molar-refractivity contribution in [3.05, 3.63) is 57.7 Å². The van der Waals surface area contributed by atoms with E-state index < -0.39 is 29.9 Å². The molecule has 0 spiro atoms. The van der Waals surface area contributed by atoms with Crippen LogP contribution in [0.25, 0.3) is 10.9 Å². The number of amides is 2. The van der Waals surface area contributed by atoms with Crippen LogP contribution in [0.1, 0.15) is 79.9 Å². The number of fused-ring (bicyclic) bond motifs is 2. The van der Waals surface area contributed by atoms with Crippen molar-refractivity contribution in [2.75, 3.05) is 18.0 Å². The SMILES string of the molecule is CC(C)[Si](C(C)C)(C(C)C)n1cc(Cl)c2ccc(S(=O)(=O)N[C@H]3CCN(c4cc5c(cc4Cl)CN(C(=O)OC(C)(C)C)CC5)C3=O)cc21. The lowest BCUT2D eigenvalue weighted by Gasteiger charge is -2.44. The Labute approximate surface area is 296 Å². The Morgan fingerprint density at radius 2 is 1.60 bits per heavy atom. The van der Waals surface area contributed by atoms with E-state index in [1.807, 2.05) is 33.0 Å². The minimum atomic E-state index is -4.06. The van der Waals surface area contributed by atoms with Crippen LogP contribution in [0.4, 0.5) is 10.5 Å². The van der Waals surface area contributed by atoms with Crippen LogP contribution in [0.5, 0.6) is 0 Å². The zero-order chi connectivity index (χ0) is 35.5. The molecule has 2 aromatic carbocycles. The van der Waals surface area contributed by atoms with E-state index in [1.54, 1.807) is 34.1 Å². The van der Waals surface area contributed by atoms with Gasteiger partial charge in [-0.15, -0.1) is 0 Å². The van der Waals surface area contributed by atoms with Gasteiger partial charge in [-0.05, 0) is 85.6 Å². The van der Waals surface area contributed by atoms with Gasteiger partial charge in [0.2, 0.25) is 15.9 Å². The molecule has 1 atom stereocenters. The Bertz CT molecular complexity index is 1830. The number of aromatic nitrogens is 1. The predicted octanol–water partition coefficient (Wildman–Crippen LogP) is 8.35. The standard InChI is InChI=1S/C35H48Cl2N4O5SSi/c1-21(2)48(22(3)4,23(5)6)41-20-29(37)27-11-10-26(18-31(27)41)47(44,45)38-30-13-15-40(33(30)42)32-17-24-12-14-39(19-25(24)16-28(32)36)34(43)46-35(7,8)9/h10-11,16-18,20-23,30,38H,12-15,19H2,1-9H3/t30-/m0/s1. The molecule has 2 amide bonds. The summed E-state index contributed by atoms with van der Waals surface area (Å²) in [4.78, 5) is 29.6. The molecule has 0 bridgehead atoms. The molecule has 2 aliphatic rings. The summed E-state index contributed by atoms with van der Waals surface area (Å²) in [6.07, 6.45) is 2.49. The fourth-order valence-corrected chi connectivity index (χ4v) is 16.5. The Morgan fingerprint density at radius 3 is 2.21 bits per heavy atom. The first-order valence-electron chi connectivity index (χ1n) is 16.7. The molecule has 0 saturated carbocycles. The van der Waals surface area contributed by atoms with Crippen molar-refractivity contribution < 1.29 is 22.7 Å². The number of sulfonamides is 1. The van der Waals surface area contributed by atoms with Crippen molar-refractivity contribution in [1.29, 1.82) is 0 Å². The van der Waals surface area contributed by atoms with Gasteiger partial charge in [-0.3, -0.25) is 4.79 Å². The van der Waals surface area contributed by atoms with Crippen molar-refractivity contribution in [2.45, 2.75) is 115 Å². The molecule has 0 radical (unpaired) electrons. The summed E-state index contributed by atoms with van der Waals surface area (Å²) >= 11 is 13.5. The van der Waals surface area contributed by atoms with Gasteiger partial charge in [0.25, 0.3) is 0 Å². The van der Waals surface area contributed by atoms with Crippen molar-refractivity contribution >= 4 is 70.1 Å². The maximum atomic E-state index is 13.8. The number of ether oxygens (including phenoxy) is 1. The zero-order valence-electron chi connectivity index (χ0n) is 29.4. The van der Waals surface area contributed by atoms with Crippen molar-refractivity contribution in [3.63, 3.8) is 0 Å². The quantitative estimate of drug-likeness (QED) is 0.235. The number of halogens is 2. The van der Waals surface area contributed by atoms with Crippen molar-refractivity contribution in [3.8, 4) is 0 Å². The highest BCUT2D eigenvalue weighted by Gasteiger charge is 2.46. The van der Waals surface area contributed by atoms with Crippen LogP contribution in [-0.2, 0) is 32.5 Å². The molecule has 9 nitrogen and oxygen atoms in total. The lowest BCUT2D eigenvalue weighted by atomic mass is 9.99. The molecule has 1 aromatic heterocycles. The number of nitrogens with one attached hydrogen (secondary N) is 1. The molecule has 13 heteroatoms. The van der Waals surface area contributed by atoms with Gasteiger partial charge < -0.3 is 18.8 Å². The highest BCUT2D eigenvalue weighted by Crippen LogP contribution is 2.46. The fourth-order valence-electron chi connectivity index (χ4n) is 8.03. The summed E-state index contributed by atoms with van der Waals surface area (Å²) < 4.78 is 38.2. The number of nitrogens with zero attached hydrogens (tertiary/aromatic N) is 3. The average molecular weight is 736 g/mol. The molecule has 3 heterocycles. The van der Waals surface area contributed by atoms with E-state index in [9.17, 15) is 18.0 Å². The third-order valence-corrected chi connectivity index (χ3v) is 18.8. The molecule has 1 N–H and O–H groups in total. The van der Waals surface area contributed by atoms with Gasteiger partial charge in [0.1, 0.15) is 11.6 Å². The summed E-state index contributed by atoms with van der Waals surface area (Å²) in [5.41, 5.74) is 3.77. The second-order valence-electron chi connectivity index (χ2n) is 15.1. The summed E-state index contributed by atoms with van der Waals surface area (Å²) in [7, 11) is -6.30. The molecular weight excluding hydrogens is 687 g/mol. The molecular formula is C35H48Cl2N4O5SSi. The van der Waals surface area contributed by atoms with Gasteiger partial charge in [0.15, 0.2) is 8.24 Å². The van der Waals surface area contributed by atoms with E-state index >= 15 is 0 Å². The normalized spacial score (nSPS) is 17.7.